The molecule has 1 rings (SSSR count). The van der Waals surface area contributed by atoms with Gasteiger partial charge >= 0.3 is 0 Å². The van der Waals surface area contributed by atoms with E-state index in [-0.39, 0.29) is 12.1 Å². The molecule has 92 valence electrons. The monoisotopic (exact) mass is 252 g/mol. The van der Waals surface area contributed by atoms with Crippen LogP contribution in [0.4, 0.5) is 5.69 Å². The molecule has 17 heavy (non-hydrogen) atoms. The van der Waals surface area contributed by atoms with E-state index in [0.29, 0.717) is 10.6 Å². The Morgan fingerprint density at radius 3 is 2.47 bits per heavy atom. The highest BCUT2D eigenvalue weighted by Gasteiger charge is 2.25. The van der Waals surface area contributed by atoms with Crippen LogP contribution in [0.25, 0.3) is 0 Å². The maximum atomic E-state index is 9.47. The number of nitrogens with one attached hydrogen (secondary N) is 1. The number of rotatable bonds is 5. The van der Waals surface area contributed by atoms with Crippen molar-refractivity contribution in [3.05, 3.63) is 28.8 Å². The Morgan fingerprint density at radius 1 is 1.41 bits per heavy atom. The topological polar surface area (TPSA) is 56.0 Å². The van der Waals surface area contributed by atoms with Gasteiger partial charge in [-0.05, 0) is 31.0 Å². The lowest BCUT2D eigenvalue weighted by molar-refractivity contribution is 0.202. The van der Waals surface area contributed by atoms with Gasteiger partial charge in [-0.15, -0.1) is 0 Å². The highest BCUT2D eigenvalue weighted by Crippen LogP contribution is 2.28. The zero-order valence-corrected chi connectivity index (χ0v) is 10.9. The molecule has 0 spiro atoms. The van der Waals surface area contributed by atoms with Crippen LogP contribution >= 0.6 is 11.6 Å². The molecule has 0 saturated carbocycles. The molecule has 3 nitrogen and oxygen atoms in total. The Labute approximate surface area is 107 Å². The normalized spacial score (nSPS) is 11.0. The number of nitriles is 1. The lowest BCUT2D eigenvalue weighted by Crippen LogP contribution is -2.40. The quantitative estimate of drug-likeness (QED) is 0.846. The highest BCUT2D eigenvalue weighted by molar-refractivity contribution is 6.33. The molecule has 0 aromatic heterocycles. The largest absolute Gasteiger partial charge is 0.394 e. The van der Waals surface area contributed by atoms with E-state index in [1.807, 2.05) is 19.9 Å². The van der Waals surface area contributed by atoms with Gasteiger partial charge in [-0.25, -0.2) is 0 Å². The van der Waals surface area contributed by atoms with Crippen LogP contribution in [0.1, 0.15) is 32.3 Å². The fraction of sp³-hybridized carbons (Fsp3) is 0.462. The molecule has 4 heteroatoms. The predicted molar refractivity (Wildman–Crippen MR) is 70.2 cm³/mol. The SMILES string of the molecule is CCC(CC)(CO)Nc1ccc(C#N)cc1Cl. The Bertz CT molecular complexity index is 414. The van der Waals surface area contributed by atoms with Crippen LogP contribution in [0.3, 0.4) is 0 Å². The number of benzene rings is 1. The summed E-state index contributed by atoms with van der Waals surface area (Å²) < 4.78 is 0. The van der Waals surface area contributed by atoms with Gasteiger partial charge in [0.05, 0.1) is 34.5 Å². The van der Waals surface area contributed by atoms with E-state index in [4.69, 9.17) is 16.9 Å². The molecule has 0 atom stereocenters. The summed E-state index contributed by atoms with van der Waals surface area (Å²) in [7, 11) is 0. The summed E-state index contributed by atoms with van der Waals surface area (Å²) in [6, 6.07) is 7.14. The van der Waals surface area contributed by atoms with E-state index in [0.717, 1.165) is 18.5 Å². The maximum Gasteiger partial charge on any atom is 0.0992 e. The minimum Gasteiger partial charge on any atom is -0.394 e. The Morgan fingerprint density at radius 2 is 2.06 bits per heavy atom. The molecule has 1 aromatic carbocycles. The lowest BCUT2D eigenvalue weighted by Gasteiger charge is -2.32. The van der Waals surface area contributed by atoms with Crippen LogP contribution in [0.15, 0.2) is 18.2 Å². The number of aliphatic hydroxyl groups excluding tert-OH is 1. The number of aliphatic hydroxyl groups is 1. The fourth-order valence-electron chi connectivity index (χ4n) is 1.66. The molecule has 0 fully saturated rings. The van der Waals surface area contributed by atoms with Gasteiger partial charge in [-0.1, -0.05) is 25.4 Å². The number of hydrogen-bond donors (Lipinski definition) is 2. The summed E-state index contributed by atoms with van der Waals surface area (Å²) in [5.41, 5.74) is 0.934. The van der Waals surface area contributed by atoms with Crippen LogP contribution in [-0.4, -0.2) is 17.3 Å². The van der Waals surface area contributed by atoms with Gasteiger partial charge < -0.3 is 10.4 Å². The van der Waals surface area contributed by atoms with Crippen LogP contribution < -0.4 is 5.32 Å². The maximum absolute atomic E-state index is 9.47. The highest BCUT2D eigenvalue weighted by atomic mass is 35.5. The van der Waals surface area contributed by atoms with Crippen molar-refractivity contribution in [3.63, 3.8) is 0 Å². The minimum atomic E-state index is -0.349. The molecule has 0 saturated heterocycles. The molecule has 0 aliphatic rings. The number of anilines is 1. The molecular weight excluding hydrogens is 236 g/mol. The summed E-state index contributed by atoms with van der Waals surface area (Å²) in [4.78, 5) is 0. The van der Waals surface area contributed by atoms with Gasteiger partial charge in [0, 0.05) is 0 Å². The standard InChI is InChI=1S/C13H17ClN2O/c1-3-13(4-2,9-17)16-12-6-5-10(8-15)7-11(12)14/h5-7,16-17H,3-4,9H2,1-2H3. The Hall–Kier alpha value is -1.24. The molecule has 0 aliphatic heterocycles. The Kier molecular flexibility index (Phi) is 4.80. The molecule has 0 aliphatic carbocycles. The number of halogens is 1. The zero-order valence-electron chi connectivity index (χ0n) is 10.1. The lowest BCUT2D eigenvalue weighted by atomic mass is 9.93. The molecule has 0 radical (unpaired) electrons. The second-order valence-electron chi connectivity index (χ2n) is 4.08. The summed E-state index contributed by atoms with van der Waals surface area (Å²) in [6.45, 7) is 4.09. The van der Waals surface area contributed by atoms with Gasteiger partial charge in [0.1, 0.15) is 0 Å². The number of nitrogens with zero attached hydrogens (tertiary/aromatic N) is 1. The van der Waals surface area contributed by atoms with Gasteiger partial charge in [0.2, 0.25) is 0 Å². The van der Waals surface area contributed by atoms with E-state index in [2.05, 4.69) is 5.32 Å². The Balaban J connectivity index is 2.99. The van der Waals surface area contributed by atoms with Crippen molar-refractivity contribution >= 4 is 17.3 Å². The minimum absolute atomic E-state index is 0.0519. The van der Waals surface area contributed by atoms with E-state index in [1.165, 1.54) is 0 Å². The first-order valence-electron chi connectivity index (χ1n) is 5.69. The van der Waals surface area contributed by atoms with Crippen LogP contribution in [0.2, 0.25) is 5.02 Å². The van der Waals surface area contributed by atoms with E-state index in [1.54, 1.807) is 18.2 Å². The van der Waals surface area contributed by atoms with Crippen molar-refractivity contribution in [3.8, 4) is 6.07 Å². The predicted octanol–water partition coefficient (Wildman–Crippen LogP) is 3.17. The van der Waals surface area contributed by atoms with Crippen LogP contribution in [0.5, 0.6) is 0 Å². The molecule has 0 bridgehead atoms. The van der Waals surface area contributed by atoms with Gasteiger partial charge in [0.25, 0.3) is 0 Å². The van der Waals surface area contributed by atoms with Crippen molar-refractivity contribution in [2.45, 2.75) is 32.2 Å². The second kappa shape index (κ2) is 5.90. The van der Waals surface area contributed by atoms with Crippen LogP contribution in [-0.2, 0) is 0 Å². The summed E-state index contributed by atoms with van der Waals surface area (Å²) in [6.07, 6.45) is 1.60. The van der Waals surface area contributed by atoms with Crippen molar-refractivity contribution < 1.29 is 5.11 Å². The third kappa shape index (κ3) is 3.12. The zero-order chi connectivity index (χ0) is 12.9. The van der Waals surface area contributed by atoms with E-state index < -0.39 is 0 Å². The van der Waals surface area contributed by atoms with Crippen molar-refractivity contribution in [2.75, 3.05) is 11.9 Å². The molecule has 0 unspecified atom stereocenters. The average molecular weight is 253 g/mol. The molecule has 0 amide bonds. The average Bonchev–Trinajstić information content (AvgIpc) is 2.38. The molecular formula is C13H17ClN2O. The van der Waals surface area contributed by atoms with E-state index in [9.17, 15) is 5.11 Å². The first-order chi connectivity index (χ1) is 8.10. The first-order valence-corrected chi connectivity index (χ1v) is 6.07. The summed E-state index contributed by atoms with van der Waals surface area (Å²) in [5.74, 6) is 0. The van der Waals surface area contributed by atoms with Gasteiger partial charge in [0.15, 0.2) is 0 Å². The molecule has 1 aromatic rings. The number of hydrogen-bond acceptors (Lipinski definition) is 3. The fourth-order valence-corrected chi connectivity index (χ4v) is 1.89. The smallest absolute Gasteiger partial charge is 0.0992 e. The van der Waals surface area contributed by atoms with Crippen molar-refractivity contribution in [2.24, 2.45) is 0 Å². The van der Waals surface area contributed by atoms with Crippen molar-refractivity contribution in [1.29, 1.82) is 5.26 Å². The third-order valence-electron chi connectivity index (χ3n) is 3.15. The summed E-state index contributed by atoms with van der Waals surface area (Å²) >= 11 is 6.09. The van der Waals surface area contributed by atoms with Gasteiger partial charge in [-0.3, -0.25) is 0 Å². The molecule has 2 N–H and O–H groups in total. The third-order valence-corrected chi connectivity index (χ3v) is 3.47. The van der Waals surface area contributed by atoms with Gasteiger partial charge in [-0.2, -0.15) is 5.26 Å². The van der Waals surface area contributed by atoms with E-state index >= 15 is 0 Å². The first kappa shape index (κ1) is 13.8. The second-order valence-corrected chi connectivity index (χ2v) is 4.48. The molecule has 0 heterocycles. The summed E-state index contributed by atoms with van der Waals surface area (Å²) in [5, 5.41) is 22.0. The van der Waals surface area contributed by atoms with Crippen molar-refractivity contribution in [1.82, 2.24) is 0 Å². The van der Waals surface area contributed by atoms with Crippen LogP contribution in [0, 0.1) is 11.3 Å².